The summed E-state index contributed by atoms with van der Waals surface area (Å²) in [6.07, 6.45) is 3.42. The van der Waals surface area contributed by atoms with Crippen molar-refractivity contribution in [3.8, 4) is 0 Å². The van der Waals surface area contributed by atoms with E-state index in [1.807, 2.05) is 42.5 Å². The molecule has 0 bridgehead atoms. The summed E-state index contributed by atoms with van der Waals surface area (Å²) < 4.78 is 0. The largest absolute Gasteiger partial charge is 0.347 e. The van der Waals surface area contributed by atoms with Gasteiger partial charge in [0.25, 0.3) is 0 Å². The first-order valence-corrected chi connectivity index (χ1v) is 7.65. The normalized spacial score (nSPS) is 10.3. The molecule has 2 N–H and O–H groups in total. The van der Waals surface area contributed by atoms with E-state index in [1.165, 1.54) is 0 Å². The van der Waals surface area contributed by atoms with Crippen LogP contribution in [0.1, 0.15) is 5.56 Å². The summed E-state index contributed by atoms with van der Waals surface area (Å²) in [5, 5.41) is 7.46. The zero-order chi connectivity index (χ0) is 16.8. The number of pyridine rings is 1. The molecule has 0 radical (unpaired) electrons. The van der Waals surface area contributed by atoms with Gasteiger partial charge in [0.2, 0.25) is 11.8 Å². The molecule has 0 saturated carbocycles. The van der Waals surface area contributed by atoms with Crippen LogP contribution >= 0.6 is 0 Å². The molecule has 1 aromatic heterocycles. The van der Waals surface area contributed by atoms with Gasteiger partial charge < -0.3 is 10.6 Å². The topological polar surface area (TPSA) is 71.1 Å². The summed E-state index contributed by atoms with van der Waals surface area (Å²) in [7, 11) is 0. The molecule has 3 rings (SSSR count). The van der Waals surface area contributed by atoms with Crippen LogP contribution in [-0.4, -0.2) is 23.3 Å². The quantitative estimate of drug-likeness (QED) is 0.759. The van der Waals surface area contributed by atoms with Crippen LogP contribution < -0.4 is 10.6 Å². The molecular formula is C19H17N3O2. The lowest BCUT2D eigenvalue weighted by atomic mass is 10.0. The van der Waals surface area contributed by atoms with Crippen molar-refractivity contribution in [2.45, 2.75) is 6.42 Å². The van der Waals surface area contributed by atoms with Gasteiger partial charge >= 0.3 is 0 Å². The predicted molar refractivity (Wildman–Crippen MR) is 93.5 cm³/mol. The number of carbonyl (C=O) groups excluding carboxylic acids is 2. The van der Waals surface area contributed by atoms with E-state index >= 15 is 0 Å². The Morgan fingerprint density at radius 1 is 0.917 bits per heavy atom. The average Bonchev–Trinajstić information content (AvgIpc) is 2.61. The van der Waals surface area contributed by atoms with Crippen LogP contribution in [0.5, 0.6) is 0 Å². The Morgan fingerprint density at radius 2 is 1.75 bits per heavy atom. The Morgan fingerprint density at radius 3 is 2.58 bits per heavy atom. The van der Waals surface area contributed by atoms with Crippen LogP contribution in [0.4, 0.5) is 5.69 Å². The molecule has 0 unspecified atom stereocenters. The van der Waals surface area contributed by atoms with Gasteiger partial charge in [-0.1, -0.05) is 42.5 Å². The number of anilines is 1. The van der Waals surface area contributed by atoms with Gasteiger partial charge in [0.05, 0.1) is 24.8 Å². The fourth-order valence-electron chi connectivity index (χ4n) is 2.50. The van der Waals surface area contributed by atoms with Crippen LogP contribution in [-0.2, 0) is 16.0 Å². The van der Waals surface area contributed by atoms with Crippen molar-refractivity contribution >= 4 is 28.3 Å². The van der Waals surface area contributed by atoms with Crippen LogP contribution in [0.15, 0.2) is 67.0 Å². The molecule has 5 heteroatoms. The standard InChI is InChI=1S/C19H17N3O2/c23-18(21-13-19(24)22-16-8-4-10-20-12-16)11-15-7-3-6-14-5-1-2-9-17(14)15/h1-10,12H,11,13H2,(H,21,23)(H,22,24). The van der Waals surface area contributed by atoms with Crippen molar-refractivity contribution in [2.75, 3.05) is 11.9 Å². The number of carbonyl (C=O) groups is 2. The number of nitrogens with one attached hydrogen (secondary N) is 2. The fourth-order valence-corrected chi connectivity index (χ4v) is 2.50. The van der Waals surface area contributed by atoms with Crippen molar-refractivity contribution in [1.82, 2.24) is 10.3 Å². The first kappa shape index (κ1) is 15.7. The van der Waals surface area contributed by atoms with E-state index in [1.54, 1.807) is 24.5 Å². The maximum Gasteiger partial charge on any atom is 0.243 e. The minimum Gasteiger partial charge on any atom is -0.347 e. The van der Waals surface area contributed by atoms with E-state index in [4.69, 9.17) is 0 Å². The molecule has 2 amide bonds. The van der Waals surface area contributed by atoms with Crippen LogP contribution in [0.2, 0.25) is 0 Å². The van der Waals surface area contributed by atoms with Gasteiger partial charge in [-0.25, -0.2) is 0 Å². The smallest absolute Gasteiger partial charge is 0.243 e. The maximum absolute atomic E-state index is 12.1. The van der Waals surface area contributed by atoms with E-state index in [0.717, 1.165) is 16.3 Å². The van der Waals surface area contributed by atoms with Gasteiger partial charge in [-0.15, -0.1) is 0 Å². The zero-order valence-corrected chi connectivity index (χ0v) is 13.0. The number of benzene rings is 2. The SMILES string of the molecule is O=C(Cc1cccc2ccccc12)NCC(=O)Nc1cccnc1. The lowest BCUT2D eigenvalue weighted by molar-refractivity contribution is -0.123. The lowest BCUT2D eigenvalue weighted by Gasteiger charge is -2.08. The molecule has 0 saturated heterocycles. The molecular weight excluding hydrogens is 302 g/mol. The van der Waals surface area contributed by atoms with Gasteiger partial charge in [-0.05, 0) is 28.5 Å². The third-order valence-corrected chi connectivity index (χ3v) is 3.62. The molecule has 0 aliphatic rings. The number of hydrogen-bond acceptors (Lipinski definition) is 3. The number of hydrogen-bond donors (Lipinski definition) is 2. The van der Waals surface area contributed by atoms with E-state index in [-0.39, 0.29) is 24.8 Å². The number of fused-ring (bicyclic) bond motifs is 1. The number of aromatic nitrogens is 1. The third-order valence-electron chi connectivity index (χ3n) is 3.62. The Hall–Kier alpha value is -3.21. The molecule has 0 fully saturated rings. The fraction of sp³-hybridized carbons (Fsp3) is 0.105. The van der Waals surface area contributed by atoms with Crippen molar-refractivity contribution in [1.29, 1.82) is 0 Å². The summed E-state index contributed by atoms with van der Waals surface area (Å²) in [5.41, 5.74) is 1.55. The zero-order valence-electron chi connectivity index (χ0n) is 13.0. The van der Waals surface area contributed by atoms with Crippen molar-refractivity contribution in [2.24, 2.45) is 0 Å². The van der Waals surface area contributed by atoms with Gasteiger partial charge in [0, 0.05) is 6.20 Å². The van der Waals surface area contributed by atoms with Gasteiger partial charge in [0.15, 0.2) is 0 Å². The molecule has 5 nitrogen and oxygen atoms in total. The number of amides is 2. The highest BCUT2D eigenvalue weighted by Gasteiger charge is 2.09. The van der Waals surface area contributed by atoms with Crippen LogP contribution in [0, 0.1) is 0 Å². The highest BCUT2D eigenvalue weighted by Crippen LogP contribution is 2.18. The predicted octanol–water partition coefficient (Wildman–Crippen LogP) is 2.53. The molecule has 3 aromatic rings. The summed E-state index contributed by atoms with van der Waals surface area (Å²) in [6, 6.07) is 17.3. The Bertz CT molecular complexity index is 857. The third kappa shape index (κ3) is 3.95. The van der Waals surface area contributed by atoms with Crippen molar-refractivity contribution in [3.63, 3.8) is 0 Å². The molecule has 1 heterocycles. The highest BCUT2D eigenvalue weighted by molar-refractivity contribution is 5.95. The second-order valence-corrected chi connectivity index (χ2v) is 5.38. The lowest BCUT2D eigenvalue weighted by Crippen LogP contribution is -2.33. The first-order chi connectivity index (χ1) is 11.7. The summed E-state index contributed by atoms with van der Waals surface area (Å²) in [4.78, 5) is 27.9. The monoisotopic (exact) mass is 319 g/mol. The molecule has 2 aromatic carbocycles. The van der Waals surface area contributed by atoms with Crippen molar-refractivity contribution in [3.05, 3.63) is 72.6 Å². The maximum atomic E-state index is 12.1. The Balaban J connectivity index is 1.56. The molecule has 0 spiro atoms. The van der Waals surface area contributed by atoms with Gasteiger partial charge in [0.1, 0.15) is 0 Å². The second kappa shape index (κ2) is 7.37. The highest BCUT2D eigenvalue weighted by atomic mass is 16.2. The molecule has 0 atom stereocenters. The summed E-state index contributed by atoms with van der Waals surface area (Å²) in [5.74, 6) is -0.470. The average molecular weight is 319 g/mol. The van der Waals surface area contributed by atoms with Crippen LogP contribution in [0.3, 0.4) is 0 Å². The molecule has 24 heavy (non-hydrogen) atoms. The van der Waals surface area contributed by atoms with Gasteiger partial charge in [-0.2, -0.15) is 0 Å². The number of nitrogens with zero attached hydrogens (tertiary/aromatic N) is 1. The molecule has 120 valence electrons. The molecule has 0 aliphatic carbocycles. The Labute approximate surface area is 139 Å². The number of rotatable bonds is 5. The molecule has 0 aliphatic heterocycles. The van der Waals surface area contributed by atoms with Gasteiger partial charge in [-0.3, -0.25) is 14.6 Å². The summed E-state index contributed by atoms with van der Waals surface area (Å²) >= 11 is 0. The first-order valence-electron chi connectivity index (χ1n) is 7.65. The van der Waals surface area contributed by atoms with E-state index in [2.05, 4.69) is 15.6 Å². The van der Waals surface area contributed by atoms with E-state index in [0.29, 0.717) is 5.69 Å². The minimum atomic E-state index is -0.283. The Kier molecular flexibility index (Phi) is 4.81. The second-order valence-electron chi connectivity index (χ2n) is 5.38. The summed E-state index contributed by atoms with van der Waals surface area (Å²) in [6.45, 7) is -0.0709. The van der Waals surface area contributed by atoms with Crippen molar-refractivity contribution < 1.29 is 9.59 Å². The van der Waals surface area contributed by atoms with E-state index < -0.39 is 0 Å². The minimum absolute atomic E-state index is 0.0709. The van der Waals surface area contributed by atoms with Crippen LogP contribution in [0.25, 0.3) is 10.8 Å². The van der Waals surface area contributed by atoms with E-state index in [9.17, 15) is 9.59 Å².